The van der Waals surface area contributed by atoms with Crippen molar-refractivity contribution in [2.45, 2.75) is 20.1 Å². The van der Waals surface area contributed by atoms with E-state index < -0.39 is 5.91 Å². The van der Waals surface area contributed by atoms with Gasteiger partial charge in [0.15, 0.2) is 5.76 Å². The SMILES string of the molecule is Cc1ccc(Cn2cnc(NC(=O)c3ccc(COc4ccccc4Cl)o3)n2)cc1. The summed E-state index contributed by atoms with van der Waals surface area (Å²) in [6, 6.07) is 18.5. The predicted molar refractivity (Wildman–Crippen MR) is 113 cm³/mol. The molecule has 2 heterocycles. The third kappa shape index (κ3) is 4.87. The minimum absolute atomic E-state index is 0.141. The largest absolute Gasteiger partial charge is 0.484 e. The molecule has 0 aliphatic heterocycles. The highest BCUT2D eigenvalue weighted by Gasteiger charge is 2.14. The number of carbonyl (C=O) groups excluding carboxylic acids is 1. The van der Waals surface area contributed by atoms with Crippen LogP contribution in [0.15, 0.2) is 71.4 Å². The molecule has 8 heteroatoms. The van der Waals surface area contributed by atoms with E-state index in [1.807, 2.05) is 43.3 Å². The van der Waals surface area contributed by atoms with Gasteiger partial charge in [-0.3, -0.25) is 10.1 Å². The zero-order valence-electron chi connectivity index (χ0n) is 16.2. The number of para-hydroxylation sites is 1. The van der Waals surface area contributed by atoms with Gasteiger partial charge in [0.1, 0.15) is 24.4 Å². The van der Waals surface area contributed by atoms with E-state index in [1.165, 1.54) is 5.56 Å². The molecule has 1 amide bonds. The van der Waals surface area contributed by atoms with Gasteiger partial charge in [-0.25, -0.2) is 9.67 Å². The van der Waals surface area contributed by atoms with Gasteiger partial charge in [-0.2, -0.15) is 0 Å². The van der Waals surface area contributed by atoms with Crippen molar-refractivity contribution in [3.05, 3.63) is 94.7 Å². The summed E-state index contributed by atoms with van der Waals surface area (Å²) in [4.78, 5) is 16.5. The highest BCUT2D eigenvalue weighted by molar-refractivity contribution is 6.32. The summed E-state index contributed by atoms with van der Waals surface area (Å²) in [5.41, 5.74) is 2.29. The predicted octanol–water partition coefficient (Wildman–Crippen LogP) is 4.71. The lowest BCUT2D eigenvalue weighted by molar-refractivity contribution is 0.0991. The fourth-order valence-electron chi connectivity index (χ4n) is 2.76. The number of carbonyl (C=O) groups is 1. The molecule has 0 saturated heterocycles. The van der Waals surface area contributed by atoms with E-state index in [0.717, 1.165) is 5.56 Å². The van der Waals surface area contributed by atoms with Crippen molar-refractivity contribution in [2.75, 3.05) is 5.32 Å². The Balaban J connectivity index is 1.34. The van der Waals surface area contributed by atoms with Gasteiger partial charge >= 0.3 is 0 Å². The molecule has 1 N–H and O–H groups in total. The minimum Gasteiger partial charge on any atom is -0.484 e. The minimum atomic E-state index is -0.438. The van der Waals surface area contributed by atoms with E-state index in [2.05, 4.69) is 15.4 Å². The summed E-state index contributed by atoms with van der Waals surface area (Å²) >= 11 is 6.06. The Hall–Kier alpha value is -3.58. The van der Waals surface area contributed by atoms with Crippen LogP contribution in [-0.4, -0.2) is 20.7 Å². The lowest BCUT2D eigenvalue weighted by atomic mass is 10.1. The maximum atomic E-state index is 12.4. The van der Waals surface area contributed by atoms with Crippen LogP contribution in [0.1, 0.15) is 27.4 Å². The molecule has 0 unspecified atom stereocenters. The van der Waals surface area contributed by atoms with Crippen LogP contribution in [-0.2, 0) is 13.2 Å². The average Bonchev–Trinajstić information content (AvgIpc) is 3.39. The summed E-state index contributed by atoms with van der Waals surface area (Å²) in [5, 5.41) is 7.42. The molecule has 2 aromatic carbocycles. The van der Waals surface area contributed by atoms with Crippen molar-refractivity contribution in [3.8, 4) is 5.75 Å². The van der Waals surface area contributed by atoms with Crippen molar-refractivity contribution < 1.29 is 13.9 Å². The molecule has 0 aliphatic rings. The number of halogens is 1. The van der Waals surface area contributed by atoms with Crippen LogP contribution in [0.25, 0.3) is 0 Å². The van der Waals surface area contributed by atoms with Crippen molar-refractivity contribution in [1.82, 2.24) is 14.8 Å². The zero-order valence-corrected chi connectivity index (χ0v) is 17.0. The summed E-state index contributed by atoms with van der Waals surface area (Å²) in [7, 11) is 0. The van der Waals surface area contributed by atoms with Crippen LogP contribution in [0.4, 0.5) is 5.95 Å². The number of hydrogen-bond acceptors (Lipinski definition) is 5. The maximum Gasteiger partial charge on any atom is 0.293 e. The lowest BCUT2D eigenvalue weighted by Crippen LogP contribution is -2.12. The van der Waals surface area contributed by atoms with Crippen LogP contribution in [0.5, 0.6) is 5.75 Å². The third-order valence-corrected chi connectivity index (χ3v) is 4.63. The van der Waals surface area contributed by atoms with E-state index in [0.29, 0.717) is 23.1 Å². The summed E-state index contributed by atoms with van der Waals surface area (Å²) < 4.78 is 12.8. The number of nitrogens with one attached hydrogen (secondary N) is 1. The third-order valence-electron chi connectivity index (χ3n) is 4.32. The van der Waals surface area contributed by atoms with Crippen molar-refractivity contribution in [1.29, 1.82) is 0 Å². The molecular weight excluding hydrogens is 404 g/mol. The zero-order chi connectivity index (χ0) is 20.9. The van der Waals surface area contributed by atoms with Crippen molar-refractivity contribution in [2.24, 2.45) is 0 Å². The smallest absolute Gasteiger partial charge is 0.293 e. The van der Waals surface area contributed by atoms with Crippen LogP contribution >= 0.6 is 11.6 Å². The molecule has 7 nitrogen and oxygen atoms in total. The fraction of sp³-hybridized carbons (Fsp3) is 0.136. The first kappa shape index (κ1) is 19.7. The number of anilines is 1. The van der Waals surface area contributed by atoms with E-state index in [4.69, 9.17) is 20.8 Å². The molecular formula is C22H19ClN4O3. The number of rotatable bonds is 7. The molecule has 0 atom stereocenters. The van der Waals surface area contributed by atoms with Gasteiger partial charge < -0.3 is 9.15 Å². The average molecular weight is 423 g/mol. The lowest BCUT2D eigenvalue weighted by Gasteiger charge is -2.05. The van der Waals surface area contributed by atoms with Gasteiger partial charge in [0, 0.05) is 0 Å². The summed E-state index contributed by atoms with van der Waals surface area (Å²) in [6.45, 7) is 2.75. The van der Waals surface area contributed by atoms with Gasteiger partial charge in [-0.05, 0) is 36.8 Å². The first-order valence-corrected chi connectivity index (χ1v) is 9.67. The number of nitrogens with zero attached hydrogens (tertiary/aromatic N) is 3. The molecule has 4 aromatic rings. The van der Waals surface area contributed by atoms with E-state index in [9.17, 15) is 4.79 Å². The Kier molecular flexibility index (Phi) is 5.81. The molecule has 0 aliphatic carbocycles. The molecule has 0 fully saturated rings. The van der Waals surface area contributed by atoms with Gasteiger partial charge in [-0.15, -0.1) is 5.10 Å². The molecule has 0 radical (unpaired) electrons. The van der Waals surface area contributed by atoms with Gasteiger partial charge in [0.2, 0.25) is 5.95 Å². The number of aromatic nitrogens is 3. The Morgan fingerprint density at radius 3 is 2.73 bits per heavy atom. The first-order valence-electron chi connectivity index (χ1n) is 9.29. The second kappa shape index (κ2) is 8.84. The Bertz CT molecular complexity index is 1150. The summed E-state index contributed by atoms with van der Waals surface area (Å²) in [6.07, 6.45) is 1.57. The molecule has 30 heavy (non-hydrogen) atoms. The highest BCUT2D eigenvalue weighted by Crippen LogP contribution is 2.24. The Morgan fingerprint density at radius 2 is 1.93 bits per heavy atom. The number of hydrogen-bond donors (Lipinski definition) is 1. The number of benzene rings is 2. The number of ether oxygens (including phenoxy) is 1. The van der Waals surface area contributed by atoms with E-state index >= 15 is 0 Å². The van der Waals surface area contributed by atoms with Gasteiger partial charge in [0.05, 0.1) is 11.6 Å². The van der Waals surface area contributed by atoms with Gasteiger partial charge in [-0.1, -0.05) is 53.6 Å². The molecule has 0 saturated carbocycles. The number of amides is 1. The first-order chi connectivity index (χ1) is 14.6. The van der Waals surface area contributed by atoms with Crippen molar-refractivity contribution >= 4 is 23.5 Å². The van der Waals surface area contributed by atoms with Crippen LogP contribution in [0, 0.1) is 6.92 Å². The normalized spacial score (nSPS) is 10.7. The van der Waals surface area contributed by atoms with E-state index in [-0.39, 0.29) is 18.3 Å². The molecule has 2 aromatic heterocycles. The van der Waals surface area contributed by atoms with Crippen LogP contribution in [0.3, 0.4) is 0 Å². The standard InChI is InChI=1S/C22H19ClN4O3/c1-15-6-8-16(9-7-15)12-27-14-24-22(26-27)25-21(28)20-11-10-17(30-20)13-29-19-5-3-2-4-18(19)23/h2-11,14H,12-13H2,1H3,(H,25,26,28). The fourth-order valence-corrected chi connectivity index (χ4v) is 2.95. The molecule has 0 bridgehead atoms. The van der Waals surface area contributed by atoms with Crippen molar-refractivity contribution in [3.63, 3.8) is 0 Å². The topological polar surface area (TPSA) is 82.2 Å². The highest BCUT2D eigenvalue weighted by atomic mass is 35.5. The monoisotopic (exact) mass is 422 g/mol. The van der Waals surface area contributed by atoms with Crippen LogP contribution < -0.4 is 10.1 Å². The molecule has 0 spiro atoms. The maximum absolute atomic E-state index is 12.4. The Labute approximate surface area is 178 Å². The number of furan rings is 1. The summed E-state index contributed by atoms with van der Waals surface area (Å²) in [5.74, 6) is 0.954. The number of aryl methyl sites for hydroxylation is 1. The van der Waals surface area contributed by atoms with Gasteiger partial charge in [0.25, 0.3) is 5.91 Å². The quantitative estimate of drug-likeness (QED) is 0.466. The second-order valence-corrected chi connectivity index (χ2v) is 7.10. The Morgan fingerprint density at radius 1 is 1.13 bits per heavy atom. The molecule has 4 rings (SSSR count). The van der Waals surface area contributed by atoms with Crippen LogP contribution in [0.2, 0.25) is 5.02 Å². The molecule has 152 valence electrons. The van der Waals surface area contributed by atoms with E-state index in [1.54, 1.807) is 35.3 Å². The second-order valence-electron chi connectivity index (χ2n) is 6.69.